The molecule has 0 amide bonds. The van der Waals surface area contributed by atoms with Crippen molar-refractivity contribution in [3.63, 3.8) is 0 Å². The van der Waals surface area contributed by atoms with Crippen molar-refractivity contribution in [3.8, 4) is 5.75 Å². The van der Waals surface area contributed by atoms with E-state index in [1.54, 1.807) is 12.1 Å². The second-order valence-corrected chi connectivity index (χ2v) is 11.3. The van der Waals surface area contributed by atoms with Gasteiger partial charge in [0.25, 0.3) is 0 Å². The third-order valence-corrected chi connectivity index (χ3v) is 8.63. The second-order valence-electron chi connectivity index (χ2n) is 6.65. The first kappa shape index (κ1) is 21.9. The number of unbranched alkanes of at least 4 members (excludes halogenated alkanes) is 5. The molecule has 0 N–H and O–H groups in total. The van der Waals surface area contributed by atoms with Gasteiger partial charge in [0.1, 0.15) is 10.6 Å². The summed E-state index contributed by atoms with van der Waals surface area (Å²) in [7, 11) is 0. The van der Waals surface area contributed by atoms with Crippen LogP contribution in [0.3, 0.4) is 0 Å². The van der Waals surface area contributed by atoms with Gasteiger partial charge in [-0.15, -0.1) is 22.7 Å². The van der Waals surface area contributed by atoms with E-state index in [2.05, 4.69) is 38.8 Å². The minimum absolute atomic E-state index is 0.00430. The van der Waals surface area contributed by atoms with Crippen molar-refractivity contribution >= 4 is 70.6 Å². The molecule has 0 aliphatic rings. The minimum Gasteiger partial charge on any atom is -0.422 e. The Morgan fingerprint density at radius 2 is 1.68 bits per heavy atom. The molecule has 0 saturated carbocycles. The molecule has 0 fully saturated rings. The third kappa shape index (κ3) is 5.23. The fourth-order valence-corrected chi connectivity index (χ4v) is 7.44. The Bertz CT molecular complexity index is 948. The number of ether oxygens (including phenoxy) is 1. The lowest BCUT2D eigenvalue weighted by atomic mass is 10.0. The van der Waals surface area contributed by atoms with E-state index in [4.69, 9.17) is 4.74 Å². The maximum Gasteiger partial charge on any atom is 0.356 e. The van der Waals surface area contributed by atoms with Crippen LogP contribution in [0.5, 0.6) is 5.75 Å². The molecule has 7 heteroatoms. The monoisotopic (exact) mass is 546 g/mol. The molecular formula is C21H21Br2FO2S2. The number of hydrogen-bond donors (Lipinski definition) is 0. The van der Waals surface area contributed by atoms with Crippen LogP contribution in [0.2, 0.25) is 0 Å². The van der Waals surface area contributed by atoms with Crippen molar-refractivity contribution < 1.29 is 13.9 Å². The maximum atomic E-state index is 14.6. The number of esters is 1. The summed E-state index contributed by atoms with van der Waals surface area (Å²) in [6, 6.07) is 7.52. The molecule has 150 valence electrons. The molecule has 0 aliphatic carbocycles. The summed E-state index contributed by atoms with van der Waals surface area (Å²) in [6.07, 6.45) is 8.63. The third-order valence-electron chi connectivity index (χ3n) is 4.54. The summed E-state index contributed by atoms with van der Waals surface area (Å²) < 4.78 is 22.2. The highest BCUT2D eigenvalue weighted by Gasteiger charge is 2.25. The van der Waals surface area contributed by atoms with E-state index in [9.17, 15) is 9.18 Å². The van der Waals surface area contributed by atoms with E-state index in [-0.39, 0.29) is 4.88 Å². The highest BCUT2D eigenvalue weighted by atomic mass is 79.9. The average Bonchev–Trinajstić information content (AvgIpc) is 3.17. The molecule has 0 bridgehead atoms. The van der Waals surface area contributed by atoms with E-state index >= 15 is 0 Å². The summed E-state index contributed by atoms with van der Waals surface area (Å²) in [5.41, 5.74) is 1.23. The van der Waals surface area contributed by atoms with Gasteiger partial charge in [0.05, 0.1) is 17.7 Å². The lowest BCUT2D eigenvalue weighted by Crippen LogP contribution is -2.08. The molecule has 28 heavy (non-hydrogen) atoms. The number of thiophene rings is 2. The molecule has 0 unspecified atom stereocenters. The molecule has 0 spiro atoms. The van der Waals surface area contributed by atoms with Gasteiger partial charge in [-0.3, -0.25) is 0 Å². The number of hydrogen-bond acceptors (Lipinski definition) is 4. The predicted molar refractivity (Wildman–Crippen MR) is 124 cm³/mol. The van der Waals surface area contributed by atoms with Crippen LogP contribution in [0.15, 0.2) is 31.8 Å². The van der Waals surface area contributed by atoms with Gasteiger partial charge in [0.2, 0.25) is 0 Å². The lowest BCUT2D eigenvalue weighted by molar-refractivity contribution is 0.0735. The number of halogens is 3. The summed E-state index contributed by atoms with van der Waals surface area (Å²) in [6.45, 7) is 2.22. The zero-order valence-corrected chi connectivity index (χ0v) is 20.3. The van der Waals surface area contributed by atoms with Crippen LogP contribution in [0.1, 0.15) is 60.7 Å². The quantitative estimate of drug-likeness (QED) is 0.152. The first-order chi connectivity index (χ1) is 13.5. The summed E-state index contributed by atoms with van der Waals surface area (Å²) in [5, 5.41) is 0.433. The highest BCUT2D eigenvalue weighted by molar-refractivity contribution is 9.12. The van der Waals surface area contributed by atoms with Gasteiger partial charge in [-0.25, -0.2) is 9.18 Å². The Hall–Kier alpha value is -0.760. The van der Waals surface area contributed by atoms with Crippen LogP contribution < -0.4 is 4.74 Å². The fraction of sp³-hybridized carbons (Fsp3) is 0.381. The molecule has 1 aromatic carbocycles. The summed E-state index contributed by atoms with van der Waals surface area (Å²) in [5.74, 6) is -0.755. The molecule has 3 rings (SSSR count). The molecule has 3 aromatic rings. The van der Waals surface area contributed by atoms with Gasteiger partial charge in [0.15, 0.2) is 5.82 Å². The zero-order chi connectivity index (χ0) is 20.1. The Balaban J connectivity index is 1.57. The molecule has 2 nitrogen and oxygen atoms in total. The SMILES string of the molecule is CCCCCCCCc1ccc(OC(=O)c2sc3c(Br)sc(Br)c3c2F)cc1. The van der Waals surface area contributed by atoms with Gasteiger partial charge in [-0.1, -0.05) is 51.2 Å². The van der Waals surface area contributed by atoms with Crippen molar-refractivity contribution in [2.45, 2.75) is 51.9 Å². The van der Waals surface area contributed by atoms with Crippen molar-refractivity contribution in [3.05, 3.63) is 48.1 Å². The first-order valence-corrected chi connectivity index (χ1v) is 12.6. The summed E-state index contributed by atoms with van der Waals surface area (Å²) >= 11 is 9.25. The van der Waals surface area contributed by atoms with E-state index in [1.165, 1.54) is 55.4 Å². The number of aryl methyl sites for hydroxylation is 1. The molecule has 2 heterocycles. The predicted octanol–water partition coefficient (Wildman–Crippen LogP) is 8.75. The van der Waals surface area contributed by atoms with Crippen LogP contribution >= 0.6 is 54.5 Å². The topological polar surface area (TPSA) is 26.3 Å². The highest BCUT2D eigenvalue weighted by Crippen LogP contribution is 2.45. The van der Waals surface area contributed by atoms with Crippen LogP contribution in [-0.2, 0) is 6.42 Å². The Kier molecular flexibility index (Phi) is 8.09. The van der Waals surface area contributed by atoms with E-state index in [0.29, 0.717) is 14.9 Å². The fourth-order valence-electron chi connectivity index (χ4n) is 3.02. The van der Waals surface area contributed by atoms with Crippen molar-refractivity contribution in [1.29, 1.82) is 0 Å². The molecule has 0 aliphatic heterocycles. The van der Waals surface area contributed by atoms with Crippen LogP contribution in [0.25, 0.3) is 10.1 Å². The maximum absolute atomic E-state index is 14.6. The van der Waals surface area contributed by atoms with Crippen LogP contribution in [0.4, 0.5) is 4.39 Å². The van der Waals surface area contributed by atoms with Gasteiger partial charge in [-0.05, 0) is 62.4 Å². The van der Waals surface area contributed by atoms with Crippen molar-refractivity contribution in [2.75, 3.05) is 0 Å². The Labute approximate surface area is 189 Å². The minimum atomic E-state index is -0.661. The molecule has 0 saturated heterocycles. The Morgan fingerprint density at radius 1 is 1.00 bits per heavy atom. The molecule has 0 atom stereocenters. The largest absolute Gasteiger partial charge is 0.422 e. The van der Waals surface area contributed by atoms with Gasteiger partial charge < -0.3 is 4.74 Å². The lowest BCUT2D eigenvalue weighted by Gasteiger charge is -2.05. The van der Waals surface area contributed by atoms with Gasteiger partial charge in [0, 0.05) is 0 Å². The van der Waals surface area contributed by atoms with Gasteiger partial charge in [-0.2, -0.15) is 0 Å². The number of rotatable bonds is 9. The molecule has 2 aromatic heterocycles. The normalized spacial score (nSPS) is 11.3. The average molecular weight is 548 g/mol. The Morgan fingerprint density at radius 3 is 2.36 bits per heavy atom. The zero-order valence-electron chi connectivity index (χ0n) is 15.5. The van der Waals surface area contributed by atoms with Gasteiger partial charge >= 0.3 is 5.97 Å². The summed E-state index contributed by atoms with van der Waals surface area (Å²) in [4.78, 5) is 12.4. The molecule has 0 radical (unpaired) electrons. The second kappa shape index (κ2) is 10.3. The van der Waals surface area contributed by atoms with Crippen LogP contribution in [-0.4, -0.2) is 5.97 Å². The van der Waals surface area contributed by atoms with E-state index in [1.807, 2.05) is 12.1 Å². The van der Waals surface area contributed by atoms with E-state index < -0.39 is 11.8 Å². The van der Waals surface area contributed by atoms with Crippen LogP contribution in [0, 0.1) is 5.82 Å². The van der Waals surface area contributed by atoms with Crippen molar-refractivity contribution in [1.82, 2.24) is 0 Å². The first-order valence-electron chi connectivity index (χ1n) is 9.38. The van der Waals surface area contributed by atoms with Crippen molar-refractivity contribution in [2.24, 2.45) is 0 Å². The van der Waals surface area contributed by atoms with E-state index in [0.717, 1.165) is 26.2 Å². The smallest absolute Gasteiger partial charge is 0.356 e. The standard InChI is InChI=1S/C21H21Br2FO2S2/c1-2-3-4-5-6-7-8-13-9-11-14(12-10-13)26-21(25)18-16(24)15-17(27-18)20(23)28-19(15)22/h9-12H,2-8H2,1H3. The molecular weight excluding hydrogens is 527 g/mol. The number of carbonyl (C=O) groups is 1. The number of fused-ring (bicyclic) bond motifs is 1. The number of carbonyl (C=O) groups excluding carboxylic acids is 1. The number of benzene rings is 1.